The number of hydrogen-bond acceptors (Lipinski definition) is 9. The van der Waals surface area contributed by atoms with E-state index in [0.29, 0.717) is 41.6 Å². The van der Waals surface area contributed by atoms with E-state index in [9.17, 15) is 13.2 Å². The molecule has 0 unspecified atom stereocenters. The molecule has 0 bridgehead atoms. The maximum Gasteiger partial charge on any atom is 0.251 e. The number of hydrogen-bond donors (Lipinski definition) is 1. The fourth-order valence-corrected chi connectivity index (χ4v) is 5.78. The molecule has 1 saturated heterocycles. The lowest BCUT2D eigenvalue weighted by molar-refractivity contribution is -0.00571. The molecule has 12 heteroatoms. The average molecular weight is 567 g/mol. The summed E-state index contributed by atoms with van der Waals surface area (Å²) in [5, 5.41) is 3.68. The number of morpholine rings is 1. The number of fused-ring (bicyclic) bond motifs is 1. The van der Waals surface area contributed by atoms with Crippen molar-refractivity contribution in [1.29, 1.82) is 0 Å². The first kappa shape index (κ1) is 26.9. The molecule has 202 valence electrons. The van der Waals surface area contributed by atoms with Crippen molar-refractivity contribution in [2.75, 3.05) is 24.2 Å². The lowest BCUT2D eigenvalue weighted by Crippen LogP contribution is -2.46. The highest BCUT2D eigenvalue weighted by molar-refractivity contribution is 7.90. The van der Waals surface area contributed by atoms with Crippen molar-refractivity contribution in [2.24, 2.45) is 0 Å². The second kappa shape index (κ2) is 10.8. The van der Waals surface area contributed by atoms with E-state index in [2.05, 4.69) is 20.2 Å². The molecule has 1 aliphatic heterocycles. The Kier molecular flexibility index (Phi) is 7.48. The van der Waals surface area contributed by atoms with Gasteiger partial charge in [-0.15, -0.1) is 0 Å². The van der Waals surface area contributed by atoms with Gasteiger partial charge in [-0.3, -0.25) is 9.78 Å². The fraction of sp³-hybridized carbons (Fsp3) is 0.296. The van der Waals surface area contributed by atoms with Gasteiger partial charge in [-0.2, -0.15) is 0 Å². The summed E-state index contributed by atoms with van der Waals surface area (Å²) in [5.41, 5.74) is 2.87. The monoisotopic (exact) mass is 566 g/mol. The number of pyridine rings is 2. The van der Waals surface area contributed by atoms with E-state index in [1.807, 2.05) is 32.0 Å². The third-order valence-corrected chi connectivity index (χ3v) is 7.84. The molecule has 0 radical (unpaired) electrons. The maximum atomic E-state index is 12.7. The van der Waals surface area contributed by atoms with Gasteiger partial charge in [0.1, 0.15) is 0 Å². The number of aromatic nitrogens is 4. The van der Waals surface area contributed by atoms with Crippen molar-refractivity contribution in [2.45, 2.75) is 37.5 Å². The standard InChI is InChI=1S/C27H27ClN6O4S/c1-16-14-34(15-17(2)38-16)27-29-9-8-23(33-27)22-7-5-19-12-30-20(11-24(19)32-22)13-31-26(35)18-4-6-21(28)25(10-18)39(3,36)37/h4-12,16-17H,13-15H2,1-3H3,(H,31,35)/t16-,17+. The summed E-state index contributed by atoms with van der Waals surface area (Å²) in [6.45, 7) is 5.63. The first-order chi connectivity index (χ1) is 18.6. The Morgan fingerprint density at radius 1 is 1.05 bits per heavy atom. The summed E-state index contributed by atoms with van der Waals surface area (Å²) in [5.74, 6) is 0.191. The summed E-state index contributed by atoms with van der Waals surface area (Å²) >= 11 is 5.99. The molecule has 3 aromatic heterocycles. The molecule has 1 fully saturated rings. The smallest absolute Gasteiger partial charge is 0.251 e. The van der Waals surface area contributed by atoms with Crippen LogP contribution in [0.5, 0.6) is 0 Å². The van der Waals surface area contributed by atoms with Crippen molar-refractivity contribution in [3.05, 3.63) is 71.1 Å². The lowest BCUT2D eigenvalue weighted by Gasteiger charge is -2.35. The van der Waals surface area contributed by atoms with Crippen molar-refractivity contribution >= 4 is 44.2 Å². The van der Waals surface area contributed by atoms with Gasteiger partial charge in [0, 0.05) is 42.7 Å². The Balaban J connectivity index is 1.34. The van der Waals surface area contributed by atoms with Gasteiger partial charge in [-0.05, 0) is 56.3 Å². The van der Waals surface area contributed by atoms with Crippen LogP contribution in [0.15, 0.2) is 59.8 Å². The van der Waals surface area contributed by atoms with Gasteiger partial charge in [0.25, 0.3) is 5.91 Å². The summed E-state index contributed by atoms with van der Waals surface area (Å²) in [4.78, 5) is 33.2. The van der Waals surface area contributed by atoms with Crippen LogP contribution in [0.1, 0.15) is 29.9 Å². The minimum Gasteiger partial charge on any atom is -0.372 e. The quantitative estimate of drug-likeness (QED) is 0.371. The molecule has 1 N–H and O–H groups in total. The van der Waals surface area contributed by atoms with Crippen LogP contribution in [0.4, 0.5) is 5.95 Å². The van der Waals surface area contributed by atoms with E-state index in [4.69, 9.17) is 26.3 Å². The highest BCUT2D eigenvalue weighted by Gasteiger charge is 2.24. The number of halogens is 1. The SMILES string of the molecule is C[C@@H]1CN(c2nccc(-c3ccc4cnc(CNC(=O)c5ccc(Cl)c(S(C)(=O)=O)c5)cc4n3)n2)C[C@H](C)O1. The number of sulfone groups is 1. The molecule has 39 heavy (non-hydrogen) atoms. The van der Waals surface area contributed by atoms with Gasteiger partial charge in [0.05, 0.1) is 51.3 Å². The molecule has 1 amide bonds. The van der Waals surface area contributed by atoms with Crippen molar-refractivity contribution < 1.29 is 17.9 Å². The Morgan fingerprint density at radius 3 is 2.54 bits per heavy atom. The van der Waals surface area contributed by atoms with Gasteiger partial charge in [-0.1, -0.05) is 11.6 Å². The highest BCUT2D eigenvalue weighted by atomic mass is 35.5. The van der Waals surface area contributed by atoms with E-state index >= 15 is 0 Å². The number of rotatable bonds is 6. The summed E-state index contributed by atoms with van der Waals surface area (Å²) < 4.78 is 29.7. The third-order valence-electron chi connectivity index (χ3n) is 6.26. The number of carbonyl (C=O) groups excluding carboxylic acids is 1. The number of carbonyl (C=O) groups is 1. The molecule has 4 aromatic rings. The molecule has 5 rings (SSSR count). The number of nitrogens with one attached hydrogen (secondary N) is 1. The molecule has 2 atom stereocenters. The number of ether oxygens (including phenoxy) is 1. The molecular weight excluding hydrogens is 540 g/mol. The van der Waals surface area contributed by atoms with Gasteiger partial charge < -0.3 is 15.0 Å². The van der Waals surface area contributed by atoms with Gasteiger partial charge in [0.15, 0.2) is 9.84 Å². The lowest BCUT2D eigenvalue weighted by atomic mass is 10.2. The average Bonchev–Trinajstić information content (AvgIpc) is 2.90. The maximum absolute atomic E-state index is 12.7. The van der Waals surface area contributed by atoms with Gasteiger partial charge in [0.2, 0.25) is 5.95 Å². The molecule has 1 aliphatic rings. The highest BCUT2D eigenvalue weighted by Crippen LogP contribution is 2.24. The van der Waals surface area contributed by atoms with Crippen LogP contribution in [0.25, 0.3) is 22.3 Å². The first-order valence-corrected chi connectivity index (χ1v) is 14.6. The van der Waals surface area contributed by atoms with Crippen molar-refractivity contribution in [1.82, 2.24) is 25.3 Å². The summed E-state index contributed by atoms with van der Waals surface area (Å²) in [6, 6.07) is 11.6. The second-order valence-electron chi connectivity index (χ2n) is 9.57. The number of anilines is 1. The topological polar surface area (TPSA) is 127 Å². The van der Waals surface area contributed by atoms with Crippen LogP contribution in [0, 0.1) is 0 Å². The van der Waals surface area contributed by atoms with Crippen LogP contribution in [-0.4, -0.2) is 65.8 Å². The van der Waals surface area contributed by atoms with Crippen LogP contribution >= 0.6 is 11.6 Å². The third kappa shape index (κ3) is 6.16. The molecular formula is C27H27ClN6O4S. The summed E-state index contributed by atoms with van der Waals surface area (Å²) in [7, 11) is -3.57. The van der Waals surface area contributed by atoms with Crippen molar-refractivity contribution in [3.8, 4) is 11.4 Å². The van der Waals surface area contributed by atoms with Crippen LogP contribution < -0.4 is 10.2 Å². The predicted octanol–water partition coefficient (Wildman–Crippen LogP) is 3.69. The van der Waals surface area contributed by atoms with E-state index in [1.54, 1.807) is 18.5 Å². The first-order valence-electron chi connectivity index (χ1n) is 12.3. The number of amides is 1. The molecule has 1 aromatic carbocycles. The number of nitrogens with zero attached hydrogens (tertiary/aromatic N) is 5. The van der Waals surface area contributed by atoms with E-state index < -0.39 is 15.7 Å². The van der Waals surface area contributed by atoms with Gasteiger partial charge >= 0.3 is 0 Å². The van der Waals surface area contributed by atoms with E-state index in [1.165, 1.54) is 18.2 Å². The Morgan fingerprint density at radius 2 is 1.79 bits per heavy atom. The molecule has 0 spiro atoms. The molecule has 10 nitrogen and oxygen atoms in total. The Labute approximate surface area is 231 Å². The molecule has 0 aliphatic carbocycles. The van der Waals surface area contributed by atoms with Crippen LogP contribution in [-0.2, 0) is 21.1 Å². The predicted molar refractivity (Wildman–Crippen MR) is 149 cm³/mol. The van der Waals surface area contributed by atoms with Crippen LogP contribution in [0.2, 0.25) is 5.02 Å². The van der Waals surface area contributed by atoms with Crippen molar-refractivity contribution in [3.63, 3.8) is 0 Å². The van der Waals surface area contributed by atoms with E-state index in [0.717, 1.165) is 11.6 Å². The number of benzene rings is 1. The van der Waals surface area contributed by atoms with E-state index in [-0.39, 0.29) is 34.2 Å². The minimum absolute atomic E-state index is 0.0667. The zero-order valence-electron chi connectivity index (χ0n) is 21.6. The Bertz CT molecular complexity index is 1660. The molecule has 4 heterocycles. The summed E-state index contributed by atoms with van der Waals surface area (Å²) in [6.07, 6.45) is 4.65. The zero-order valence-corrected chi connectivity index (χ0v) is 23.2. The van der Waals surface area contributed by atoms with Crippen LogP contribution in [0.3, 0.4) is 0 Å². The second-order valence-corrected chi connectivity index (χ2v) is 12.0. The Hall–Kier alpha value is -3.67. The fourth-order valence-electron chi connectivity index (χ4n) is 4.48. The van der Waals surface area contributed by atoms with Gasteiger partial charge in [-0.25, -0.2) is 23.4 Å². The normalized spacial score (nSPS) is 17.8. The zero-order chi connectivity index (χ0) is 27.7. The minimum atomic E-state index is -3.57. The molecule has 0 saturated carbocycles. The largest absolute Gasteiger partial charge is 0.372 e.